The number of fused-ring (bicyclic) bond motifs is 1. The van der Waals surface area contributed by atoms with Crippen LogP contribution in [0.15, 0.2) is 47.8 Å². The fourth-order valence-corrected chi connectivity index (χ4v) is 3.43. The van der Waals surface area contributed by atoms with Crippen molar-refractivity contribution in [1.82, 2.24) is 0 Å². The molecule has 0 spiro atoms. The second-order valence-electron chi connectivity index (χ2n) is 7.45. The maximum Gasteiger partial charge on any atom is 0.126 e. The zero-order valence-corrected chi connectivity index (χ0v) is 16.7. The van der Waals surface area contributed by atoms with Crippen molar-refractivity contribution in [3.05, 3.63) is 59.0 Å². The normalized spacial score (nSPS) is 16.8. The fourth-order valence-electron chi connectivity index (χ4n) is 3.43. The zero-order chi connectivity index (χ0) is 20.0. The van der Waals surface area contributed by atoms with Gasteiger partial charge in [-0.25, -0.2) is 4.39 Å². The van der Waals surface area contributed by atoms with E-state index in [0.717, 1.165) is 31.0 Å². The number of anilines is 1. The van der Waals surface area contributed by atoms with E-state index in [-0.39, 0.29) is 5.83 Å². The van der Waals surface area contributed by atoms with Gasteiger partial charge in [-0.05, 0) is 93.5 Å². The summed E-state index contributed by atoms with van der Waals surface area (Å²) in [4.78, 5) is 13.0. The number of benzene rings is 1. The first-order chi connectivity index (χ1) is 12.8. The van der Waals surface area contributed by atoms with Gasteiger partial charge in [0.1, 0.15) is 5.83 Å². The van der Waals surface area contributed by atoms with Crippen LogP contribution in [0.5, 0.6) is 0 Å². The predicted molar refractivity (Wildman–Crippen MR) is 108 cm³/mol. The first kappa shape index (κ1) is 20.9. The molecule has 1 aliphatic rings. The zero-order valence-electron chi connectivity index (χ0n) is 16.7. The van der Waals surface area contributed by atoms with Crippen LogP contribution in [0.1, 0.15) is 58.1 Å². The van der Waals surface area contributed by atoms with Gasteiger partial charge in [-0.2, -0.15) is 0 Å². The Kier molecular flexibility index (Phi) is 7.40. The van der Waals surface area contributed by atoms with Crippen LogP contribution in [0.25, 0.3) is 5.57 Å². The number of nitrogens with zero attached hydrogens (tertiary/aromatic N) is 1. The molecule has 4 heteroatoms. The van der Waals surface area contributed by atoms with Crippen molar-refractivity contribution in [1.29, 1.82) is 0 Å². The fraction of sp³-hybridized carbons (Fsp3) is 0.435. The van der Waals surface area contributed by atoms with Gasteiger partial charge < -0.3 is 14.8 Å². The Labute approximate surface area is 161 Å². The molecule has 2 rings (SSSR count). The highest BCUT2D eigenvalue weighted by Crippen LogP contribution is 2.31. The third-order valence-corrected chi connectivity index (χ3v) is 4.99. The van der Waals surface area contributed by atoms with Crippen molar-refractivity contribution < 1.29 is 14.3 Å². The minimum atomic E-state index is -1.28. The molecule has 0 aliphatic carbocycles. The van der Waals surface area contributed by atoms with Crippen LogP contribution in [0.3, 0.4) is 0 Å². The Morgan fingerprint density at radius 1 is 1.19 bits per heavy atom. The average Bonchev–Trinajstić information content (AvgIpc) is 2.58. The lowest BCUT2D eigenvalue weighted by Gasteiger charge is -2.33. The van der Waals surface area contributed by atoms with E-state index in [9.17, 15) is 14.3 Å². The van der Waals surface area contributed by atoms with E-state index in [0.29, 0.717) is 17.2 Å². The third kappa shape index (κ3) is 5.81. The molecule has 3 nitrogen and oxygen atoms in total. The van der Waals surface area contributed by atoms with Crippen LogP contribution < -0.4 is 10.0 Å². The number of carboxylic acids is 1. The van der Waals surface area contributed by atoms with E-state index in [4.69, 9.17) is 0 Å². The lowest BCUT2D eigenvalue weighted by Crippen LogP contribution is -2.33. The molecule has 1 aliphatic heterocycles. The first-order valence-corrected chi connectivity index (χ1v) is 9.63. The topological polar surface area (TPSA) is 43.4 Å². The minimum absolute atomic E-state index is 0.368. The Bertz CT molecular complexity index is 775. The van der Waals surface area contributed by atoms with Crippen LogP contribution in [-0.4, -0.2) is 18.6 Å². The summed E-state index contributed by atoms with van der Waals surface area (Å²) >= 11 is 0. The van der Waals surface area contributed by atoms with E-state index in [1.54, 1.807) is 13.8 Å². The first-order valence-electron chi connectivity index (χ1n) is 9.63. The molecule has 0 unspecified atom stereocenters. The van der Waals surface area contributed by atoms with E-state index < -0.39 is 5.97 Å². The van der Waals surface area contributed by atoms with Gasteiger partial charge in [0.15, 0.2) is 0 Å². The summed E-state index contributed by atoms with van der Waals surface area (Å²) in [5.41, 5.74) is 4.37. The van der Waals surface area contributed by atoms with Crippen molar-refractivity contribution >= 4 is 17.2 Å². The quantitative estimate of drug-likeness (QED) is 0.563. The van der Waals surface area contributed by atoms with Crippen LogP contribution in [-0.2, 0) is 11.2 Å². The molecule has 0 bridgehead atoms. The van der Waals surface area contributed by atoms with Crippen molar-refractivity contribution in [2.24, 2.45) is 0 Å². The van der Waals surface area contributed by atoms with Crippen LogP contribution in [0, 0.1) is 0 Å². The third-order valence-electron chi connectivity index (χ3n) is 4.99. The summed E-state index contributed by atoms with van der Waals surface area (Å²) in [6.45, 7) is 8.82. The monoisotopic (exact) mass is 370 g/mol. The molecular formula is C23H29FNO2-. The van der Waals surface area contributed by atoms with Crippen LogP contribution >= 0.6 is 0 Å². The van der Waals surface area contributed by atoms with Crippen molar-refractivity contribution in [3.8, 4) is 0 Å². The summed E-state index contributed by atoms with van der Waals surface area (Å²) < 4.78 is 14.6. The predicted octanol–water partition coefficient (Wildman–Crippen LogP) is 4.58. The summed E-state index contributed by atoms with van der Waals surface area (Å²) in [7, 11) is 0. The molecule has 0 aromatic heterocycles. The van der Waals surface area contributed by atoms with E-state index in [1.807, 2.05) is 6.07 Å². The van der Waals surface area contributed by atoms with Gasteiger partial charge in [-0.15, -0.1) is 0 Å². The summed E-state index contributed by atoms with van der Waals surface area (Å²) in [5, 5.41) is 10.5. The largest absolute Gasteiger partial charge is 0.545 e. The minimum Gasteiger partial charge on any atom is -0.545 e. The molecule has 0 saturated heterocycles. The Morgan fingerprint density at radius 3 is 2.59 bits per heavy atom. The van der Waals surface area contributed by atoms with Gasteiger partial charge in [0.2, 0.25) is 0 Å². The highest BCUT2D eigenvalue weighted by atomic mass is 19.1. The number of aryl methyl sites for hydroxylation is 1. The number of carbonyl (C=O) groups is 1. The number of rotatable bonds is 5. The Balaban J connectivity index is 2.34. The Hall–Kier alpha value is -2.36. The number of hydrogen-bond donors (Lipinski definition) is 0. The molecular weight excluding hydrogens is 341 g/mol. The lowest BCUT2D eigenvalue weighted by molar-refractivity contribution is -0.297. The van der Waals surface area contributed by atoms with E-state index in [1.165, 1.54) is 36.2 Å². The molecule has 0 radical (unpaired) electrons. The molecule has 0 N–H and O–H groups in total. The number of aliphatic carboxylic acids is 1. The van der Waals surface area contributed by atoms with Crippen molar-refractivity contribution in [2.75, 3.05) is 11.4 Å². The maximum atomic E-state index is 14.6. The van der Waals surface area contributed by atoms with E-state index in [2.05, 4.69) is 30.9 Å². The lowest BCUT2D eigenvalue weighted by atomic mass is 9.95. The van der Waals surface area contributed by atoms with Gasteiger partial charge in [0.25, 0.3) is 0 Å². The number of carbonyl (C=O) groups excluding carboxylic acids is 1. The van der Waals surface area contributed by atoms with Gasteiger partial charge in [0.05, 0.1) is 5.97 Å². The summed E-state index contributed by atoms with van der Waals surface area (Å²) in [6.07, 6.45) is 8.28. The van der Waals surface area contributed by atoms with Crippen LogP contribution in [0.2, 0.25) is 0 Å². The standard InChI is InChI=1S/C23H30FNO2/c1-16(2)25-13-7-5-6-8-20-15-19(10-12-22(20)25)18(4)21(24)11-9-17(3)14-23(26)27/h9-12,14-16H,5-8,13H2,1-4H3,(H,26,27)/p-1/b11-9+,17-14+,21-18+. The number of carboxylic acid groups (broad SMARTS) is 1. The smallest absolute Gasteiger partial charge is 0.126 e. The number of hydrogen-bond acceptors (Lipinski definition) is 3. The molecule has 0 saturated carbocycles. The second-order valence-corrected chi connectivity index (χ2v) is 7.45. The number of allylic oxidation sites excluding steroid dienone is 5. The molecule has 1 heterocycles. The Morgan fingerprint density at radius 2 is 1.93 bits per heavy atom. The SMILES string of the molecule is CC(/C=C/C(F)=C(/C)c1ccc2c(c1)CCCCCN2C(C)C)=C\C(=O)[O-]. The van der Waals surface area contributed by atoms with Gasteiger partial charge in [-0.1, -0.05) is 18.6 Å². The average molecular weight is 370 g/mol. The van der Waals surface area contributed by atoms with Crippen molar-refractivity contribution in [2.45, 2.75) is 59.4 Å². The van der Waals surface area contributed by atoms with Crippen LogP contribution in [0.4, 0.5) is 10.1 Å². The van der Waals surface area contributed by atoms with Gasteiger partial charge in [0, 0.05) is 18.3 Å². The molecule has 27 heavy (non-hydrogen) atoms. The van der Waals surface area contributed by atoms with Gasteiger partial charge >= 0.3 is 0 Å². The molecule has 146 valence electrons. The van der Waals surface area contributed by atoms with Crippen molar-refractivity contribution in [3.63, 3.8) is 0 Å². The van der Waals surface area contributed by atoms with Gasteiger partial charge in [-0.3, -0.25) is 0 Å². The second kappa shape index (κ2) is 9.54. The molecule has 0 atom stereocenters. The highest BCUT2D eigenvalue weighted by molar-refractivity contribution is 5.79. The molecule has 0 fully saturated rings. The highest BCUT2D eigenvalue weighted by Gasteiger charge is 2.17. The van der Waals surface area contributed by atoms with E-state index >= 15 is 0 Å². The summed E-state index contributed by atoms with van der Waals surface area (Å²) in [5.74, 6) is -1.65. The molecule has 0 amide bonds. The summed E-state index contributed by atoms with van der Waals surface area (Å²) in [6, 6.07) is 6.62. The number of halogens is 1. The molecule has 1 aromatic rings. The maximum absolute atomic E-state index is 14.6. The molecule has 1 aromatic carbocycles.